The molecule has 3 saturated heterocycles. The lowest BCUT2D eigenvalue weighted by Gasteiger charge is -2.23. The van der Waals surface area contributed by atoms with Crippen LogP contribution in [0.2, 0.25) is 0 Å². The molecule has 3 aliphatic heterocycles. The zero-order valence-electron chi connectivity index (χ0n) is 12.4. The van der Waals surface area contributed by atoms with E-state index in [0.717, 1.165) is 0 Å². The number of fused-ring (bicyclic) bond motifs is 1. The number of carbonyl (C=O) groups is 3. The van der Waals surface area contributed by atoms with Gasteiger partial charge in [-0.3, -0.25) is 9.59 Å². The van der Waals surface area contributed by atoms with Crippen LogP contribution in [-0.4, -0.2) is 48.4 Å². The maximum absolute atomic E-state index is 12.0. The molecular formula is C15H18O7. The van der Waals surface area contributed by atoms with Gasteiger partial charge in [0.05, 0.1) is 18.4 Å². The van der Waals surface area contributed by atoms with E-state index < -0.39 is 30.3 Å². The summed E-state index contributed by atoms with van der Waals surface area (Å²) in [7, 11) is 0. The molecule has 3 fully saturated rings. The van der Waals surface area contributed by atoms with E-state index >= 15 is 0 Å². The Bertz CT molecular complexity index is 540. The molecule has 0 amide bonds. The summed E-state index contributed by atoms with van der Waals surface area (Å²) >= 11 is 0. The van der Waals surface area contributed by atoms with Crippen molar-refractivity contribution in [1.82, 2.24) is 0 Å². The fraction of sp³-hybridized carbons (Fsp3) is 0.667. The highest BCUT2D eigenvalue weighted by molar-refractivity contribution is 5.87. The molecule has 7 nitrogen and oxygen atoms in total. The second kappa shape index (κ2) is 5.39. The normalized spacial score (nSPS) is 35.9. The van der Waals surface area contributed by atoms with Crippen LogP contribution in [0, 0.1) is 5.92 Å². The van der Waals surface area contributed by atoms with Crippen molar-refractivity contribution < 1.29 is 33.3 Å². The Balaban J connectivity index is 1.52. The Kier molecular flexibility index (Phi) is 3.68. The van der Waals surface area contributed by atoms with Crippen LogP contribution in [-0.2, 0) is 33.3 Å². The van der Waals surface area contributed by atoms with Crippen molar-refractivity contribution in [1.29, 1.82) is 0 Å². The maximum Gasteiger partial charge on any atom is 0.333 e. The molecule has 2 bridgehead atoms. The van der Waals surface area contributed by atoms with E-state index in [0.29, 0.717) is 6.42 Å². The van der Waals surface area contributed by atoms with E-state index in [-0.39, 0.29) is 36.1 Å². The largest absolute Gasteiger partial charge is 0.459 e. The van der Waals surface area contributed by atoms with Gasteiger partial charge in [-0.05, 0) is 20.3 Å². The van der Waals surface area contributed by atoms with E-state index in [2.05, 4.69) is 6.58 Å². The number of hydrogen-bond donors (Lipinski definition) is 0. The lowest BCUT2D eigenvalue weighted by Crippen LogP contribution is -2.40. The van der Waals surface area contributed by atoms with Gasteiger partial charge in [-0.15, -0.1) is 0 Å². The first-order valence-electron chi connectivity index (χ1n) is 7.28. The molecule has 3 heterocycles. The molecule has 0 spiro atoms. The minimum atomic E-state index is -0.616. The topological polar surface area (TPSA) is 88.1 Å². The fourth-order valence-corrected chi connectivity index (χ4v) is 3.14. The van der Waals surface area contributed by atoms with Crippen LogP contribution in [0.15, 0.2) is 12.2 Å². The van der Waals surface area contributed by atoms with E-state index in [1.165, 1.54) is 6.92 Å². The summed E-state index contributed by atoms with van der Waals surface area (Å²) in [5.74, 6) is -1.56. The Hall–Kier alpha value is -1.89. The van der Waals surface area contributed by atoms with Gasteiger partial charge in [0, 0.05) is 5.57 Å². The Morgan fingerprint density at radius 1 is 1.41 bits per heavy atom. The Labute approximate surface area is 127 Å². The Morgan fingerprint density at radius 2 is 2.14 bits per heavy atom. The summed E-state index contributed by atoms with van der Waals surface area (Å²) in [5, 5.41) is 0. The lowest BCUT2D eigenvalue weighted by molar-refractivity contribution is -0.164. The van der Waals surface area contributed by atoms with Crippen LogP contribution in [0.3, 0.4) is 0 Å². The number of ether oxygens (including phenoxy) is 4. The molecule has 7 heteroatoms. The third kappa shape index (κ3) is 2.49. The second-order valence-electron chi connectivity index (χ2n) is 6.04. The first-order valence-corrected chi connectivity index (χ1v) is 7.28. The van der Waals surface area contributed by atoms with Crippen LogP contribution < -0.4 is 0 Å². The zero-order chi connectivity index (χ0) is 16.0. The van der Waals surface area contributed by atoms with Gasteiger partial charge in [0.15, 0.2) is 12.2 Å². The number of carbonyl (C=O) groups excluding carboxylic acids is 3. The molecule has 6 atom stereocenters. The molecule has 0 aromatic heterocycles. The van der Waals surface area contributed by atoms with Gasteiger partial charge in [0.1, 0.15) is 12.2 Å². The summed E-state index contributed by atoms with van der Waals surface area (Å²) < 4.78 is 21.3. The zero-order valence-corrected chi connectivity index (χ0v) is 12.4. The smallest absolute Gasteiger partial charge is 0.333 e. The van der Waals surface area contributed by atoms with E-state index in [1.54, 1.807) is 6.92 Å². The van der Waals surface area contributed by atoms with Gasteiger partial charge in [-0.25, -0.2) is 4.79 Å². The van der Waals surface area contributed by atoms with E-state index in [9.17, 15) is 14.4 Å². The first-order chi connectivity index (χ1) is 10.4. The minimum Gasteiger partial charge on any atom is -0.459 e. The summed E-state index contributed by atoms with van der Waals surface area (Å²) in [6.07, 6.45) is -1.82. The van der Waals surface area contributed by atoms with Crippen LogP contribution in [0.5, 0.6) is 0 Å². The molecular weight excluding hydrogens is 292 g/mol. The number of hydrogen-bond acceptors (Lipinski definition) is 7. The predicted octanol–water partition coefficient (Wildman–Crippen LogP) is 0.509. The van der Waals surface area contributed by atoms with Gasteiger partial charge in [0.25, 0.3) is 0 Å². The predicted molar refractivity (Wildman–Crippen MR) is 71.5 cm³/mol. The Morgan fingerprint density at radius 3 is 2.82 bits per heavy atom. The highest BCUT2D eigenvalue weighted by Crippen LogP contribution is 2.47. The molecule has 6 unspecified atom stereocenters. The van der Waals surface area contributed by atoms with Gasteiger partial charge in [-0.1, -0.05) is 6.58 Å². The van der Waals surface area contributed by atoms with Crippen molar-refractivity contribution in [2.24, 2.45) is 5.92 Å². The molecule has 0 radical (unpaired) electrons. The molecule has 22 heavy (non-hydrogen) atoms. The van der Waals surface area contributed by atoms with Crippen LogP contribution in [0.25, 0.3) is 0 Å². The molecule has 0 saturated carbocycles. The molecule has 3 rings (SSSR count). The second-order valence-corrected chi connectivity index (χ2v) is 6.04. The molecule has 0 aromatic carbocycles. The van der Waals surface area contributed by atoms with Crippen LogP contribution in [0.1, 0.15) is 26.7 Å². The lowest BCUT2D eigenvalue weighted by atomic mass is 9.88. The summed E-state index contributed by atoms with van der Waals surface area (Å²) in [4.78, 5) is 34.9. The highest BCUT2D eigenvalue weighted by Gasteiger charge is 2.65. The van der Waals surface area contributed by atoms with Crippen molar-refractivity contribution in [3.8, 4) is 0 Å². The molecule has 120 valence electrons. The highest BCUT2D eigenvalue weighted by atomic mass is 16.7. The van der Waals surface area contributed by atoms with Gasteiger partial charge in [-0.2, -0.15) is 0 Å². The van der Waals surface area contributed by atoms with Crippen molar-refractivity contribution in [3.63, 3.8) is 0 Å². The monoisotopic (exact) mass is 310 g/mol. The van der Waals surface area contributed by atoms with Gasteiger partial charge >= 0.3 is 17.9 Å². The molecule has 3 aliphatic rings. The summed E-state index contributed by atoms with van der Waals surface area (Å²) in [6.45, 7) is 6.61. The summed E-state index contributed by atoms with van der Waals surface area (Å²) in [5.41, 5.74) is 0.269. The fourth-order valence-electron chi connectivity index (χ4n) is 3.14. The SMILES string of the molecule is C=C(C)C(=O)OC(C)CC(=O)OC1C2CC3C(=O)OC1C3O2. The molecule has 0 aromatic rings. The van der Waals surface area contributed by atoms with E-state index in [1.807, 2.05) is 0 Å². The van der Waals surface area contributed by atoms with E-state index in [4.69, 9.17) is 18.9 Å². The number of esters is 3. The van der Waals surface area contributed by atoms with Crippen LogP contribution in [0.4, 0.5) is 0 Å². The van der Waals surface area contributed by atoms with Crippen LogP contribution >= 0.6 is 0 Å². The van der Waals surface area contributed by atoms with Gasteiger partial charge < -0.3 is 18.9 Å². The molecule has 0 N–H and O–H groups in total. The average Bonchev–Trinajstić information content (AvgIpc) is 3.03. The minimum absolute atomic E-state index is 0.0724. The maximum atomic E-state index is 12.0. The van der Waals surface area contributed by atoms with Crippen molar-refractivity contribution in [2.75, 3.05) is 0 Å². The first kappa shape index (κ1) is 15.0. The van der Waals surface area contributed by atoms with Crippen molar-refractivity contribution in [2.45, 2.75) is 57.2 Å². The molecule has 0 aliphatic carbocycles. The third-order valence-corrected chi connectivity index (χ3v) is 4.16. The van der Waals surface area contributed by atoms with Crippen molar-refractivity contribution in [3.05, 3.63) is 12.2 Å². The number of rotatable bonds is 5. The average molecular weight is 310 g/mol. The van der Waals surface area contributed by atoms with Crippen molar-refractivity contribution >= 4 is 17.9 Å². The quantitative estimate of drug-likeness (QED) is 0.415. The van der Waals surface area contributed by atoms with Gasteiger partial charge in [0.2, 0.25) is 0 Å². The standard InChI is InChI=1S/C15H18O7/c1-6(2)14(17)19-7(3)4-10(16)21-12-9-5-8-11(20-9)13(12)22-15(8)18/h7-9,11-13H,1,4-5H2,2-3H3. The third-order valence-electron chi connectivity index (χ3n) is 4.16. The summed E-state index contributed by atoms with van der Waals surface area (Å²) in [6, 6.07) is 0.